The number of nitro groups is 1. The summed E-state index contributed by atoms with van der Waals surface area (Å²) in [5, 5.41) is 20.5. The van der Waals surface area contributed by atoms with E-state index in [1.165, 1.54) is 23.1 Å². The number of ether oxygens (including phenoxy) is 1. The van der Waals surface area contributed by atoms with Crippen molar-refractivity contribution in [3.8, 4) is 5.75 Å². The number of rotatable bonds is 6. The van der Waals surface area contributed by atoms with Gasteiger partial charge in [-0.25, -0.2) is 0 Å². The smallest absolute Gasteiger partial charge is 0.310 e. The molecule has 27 heavy (non-hydrogen) atoms. The number of nitro benzene ring substituents is 1. The monoisotopic (exact) mass is 370 g/mol. The van der Waals surface area contributed by atoms with E-state index in [2.05, 4.69) is 0 Å². The summed E-state index contributed by atoms with van der Waals surface area (Å²) in [4.78, 5) is 36.0. The standard InChI is InChI=1S/C19H18N2O6/c22-18(12-27-17-9-5-4-8-16(17)21(25)26)20-10-14(15(11-20)19(23)24)13-6-2-1-3-7-13/h1-9,14-15H,10-12H2,(H,23,24)/t14-,15-/m1/s1. The van der Waals surface area contributed by atoms with Gasteiger partial charge in [-0.05, 0) is 11.6 Å². The van der Waals surface area contributed by atoms with E-state index in [-0.39, 0.29) is 30.4 Å². The second kappa shape index (κ2) is 7.86. The first-order valence-corrected chi connectivity index (χ1v) is 8.39. The maximum absolute atomic E-state index is 12.5. The van der Waals surface area contributed by atoms with Crippen LogP contribution in [0.5, 0.6) is 5.75 Å². The second-order valence-corrected chi connectivity index (χ2v) is 6.27. The van der Waals surface area contributed by atoms with Crippen LogP contribution in [0.3, 0.4) is 0 Å². The fourth-order valence-corrected chi connectivity index (χ4v) is 3.26. The number of aliphatic carboxylic acids is 1. The zero-order valence-electron chi connectivity index (χ0n) is 14.4. The number of amides is 1. The number of nitrogens with zero attached hydrogens (tertiary/aromatic N) is 2. The largest absolute Gasteiger partial charge is 0.481 e. The van der Waals surface area contributed by atoms with Gasteiger partial charge in [0.05, 0.1) is 10.8 Å². The minimum absolute atomic E-state index is 0.00411. The molecule has 0 aliphatic carbocycles. The molecule has 1 heterocycles. The van der Waals surface area contributed by atoms with Crippen molar-refractivity contribution < 1.29 is 24.4 Å². The number of hydrogen-bond donors (Lipinski definition) is 1. The molecule has 0 aromatic heterocycles. The van der Waals surface area contributed by atoms with Gasteiger partial charge in [0.2, 0.25) is 0 Å². The maximum atomic E-state index is 12.5. The van der Waals surface area contributed by atoms with Gasteiger partial charge in [-0.1, -0.05) is 42.5 Å². The SMILES string of the molecule is O=C(O)[C@@H]1CN(C(=O)COc2ccccc2[N+](=O)[O-])C[C@@H]1c1ccccc1. The van der Waals surface area contributed by atoms with Crippen molar-refractivity contribution in [1.29, 1.82) is 0 Å². The number of carboxylic acids is 1. The van der Waals surface area contributed by atoms with Crippen LogP contribution in [-0.4, -0.2) is 46.5 Å². The fraction of sp³-hybridized carbons (Fsp3) is 0.263. The van der Waals surface area contributed by atoms with Gasteiger partial charge in [0.1, 0.15) is 0 Å². The molecular formula is C19H18N2O6. The highest BCUT2D eigenvalue weighted by Gasteiger charge is 2.40. The number of para-hydroxylation sites is 2. The Kier molecular flexibility index (Phi) is 5.35. The molecule has 0 spiro atoms. The van der Waals surface area contributed by atoms with Gasteiger partial charge in [-0.2, -0.15) is 0 Å². The Balaban J connectivity index is 1.69. The van der Waals surface area contributed by atoms with Crippen LogP contribution in [0.25, 0.3) is 0 Å². The van der Waals surface area contributed by atoms with E-state index in [1.54, 1.807) is 6.07 Å². The minimum Gasteiger partial charge on any atom is -0.481 e. The molecule has 1 fully saturated rings. The van der Waals surface area contributed by atoms with Gasteiger partial charge in [-0.15, -0.1) is 0 Å². The lowest BCUT2D eigenvalue weighted by molar-refractivity contribution is -0.385. The number of carbonyl (C=O) groups excluding carboxylic acids is 1. The molecule has 1 aliphatic heterocycles. The molecule has 8 nitrogen and oxygen atoms in total. The Bertz CT molecular complexity index is 854. The van der Waals surface area contributed by atoms with Crippen molar-refractivity contribution in [2.75, 3.05) is 19.7 Å². The number of carbonyl (C=O) groups is 2. The van der Waals surface area contributed by atoms with Crippen LogP contribution in [0.1, 0.15) is 11.5 Å². The van der Waals surface area contributed by atoms with Gasteiger partial charge in [-0.3, -0.25) is 19.7 Å². The van der Waals surface area contributed by atoms with Crippen molar-refractivity contribution in [3.63, 3.8) is 0 Å². The molecule has 0 bridgehead atoms. The van der Waals surface area contributed by atoms with Crippen molar-refractivity contribution in [3.05, 3.63) is 70.3 Å². The van der Waals surface area contributed by atoms with Gasteiger partial charge in [0.15, 0.2) is 12.4 Å². The zero-order chi connectivity index (χ0) is 19.4. The average molecular weight is 370 g/mol. The second-order valence-electron chi connectivity index (χ2n) is 6.27. The molecule has 2 atom stereocenters. The van der Waals surface area contributed by atoms with Gasteiger partial charge >= 0.3 is 11.7 Å². The molecule has 1 saturated heterocycles. The quantitative estimate of drug-likeness (QED) is 0.617. The van der Waals surface area contributed by atoms with Gasteiger partial charge in [0, 0.05) is 25.1 Å². The van der Waals surface area contributed by atoms with E-state index in [0.717, 1.165) is 5.56 Å². The maximum Gasteiger partial charge on any atom is 0.310 e. The molecule has 2 aromatic carbocycles. The summed E-state index contributed by atoms with van der Waals surface area (Å²) in [5.41, 5.74) is 0.636. The first kappa shape index (κ1) is 18.4. The lowest BCUT2D eigenvalue weighted by Gasteiger charge is -2.17. The van der Waals surface area contributed by atoms with Crippen molar-refractivity contribution in [2.45, 2.75) is 5.92 Å². The Hall–Kier alpha value is -3.42. The van der Waals surface area contributed by atoms with E-state index < -0.39 is 29.3 Å². The summed E-state index contributed by atoms with van der Waals surface area (Å²) >= 11 is 0. The van der Waals surface area contributed by atoms with E-state index in [1.807, 2.05) is 30.3 Å². The molecular weight excluding hydrogens is 352 g/mol. The molecule has 1 amide bonds. The number of likely N-dealkylation sites (tertiary alicyclic amines) is 1. The number of benzene rings is 2. The number of hydrogen-bond acceptors (Lipinski definition) is 5. The van der Waals surface area contributed by atoms with Crippen LogP contribution in [0.15, 0.2) is 54.6 Å². The predicted octanol–water partition coefficient (Wildman–Crippen LogP) is 2.30. The third-order valence-electron chi connectivity index (χ3n) is 4.63. The third-order valence-corrected chi connectivity index (χ3v) is 4.63. The Labute approximate surface area is 155 Å². The molecule has 0 radical (unpaired) electrons. The molecule has 1 aliphatic rings. The zero-order valence-corrected chi connectivity index (χ0v) is 14.4. The molecule has 0 unspecified atom stereocenters. The van der Waals surface area contributed by atoms with Crippen LogP contribution in [0.2, 0.25) is 0 Å². The van der Waals surface area contributed by atoms with Gasteiger partial charge < -0.3 is 14.7 Å². The normalized spacial score (nSPS) is 18.9. The Morgan fingerprint density at radius 2 is 1.78 bits per heavy atom. The van der Waals surface area contributed by atoms with Crippen LogP contribution in [-0.2, 0) is 9.59 Å². The van der Waals surface area contributed by atoms with Crippen LogP contribution in [0.4, 0.5) is 5.69 Å². The average Bonchev–Trinajstić information content (AvgIpc) is 3.13. The summed E-state index contributed by atoms with van der Waals surface area (Å²) < 4.78 is 5.33. The lowest BCUT2D eigenvalue weighted by Crippen LogP contribution is -2.33. The first-order valence-electron chi connectivity index (χ1n) is 8.39. The first-order chi connectivity index (χ1) is 13.0. The molecule has 3 rings (SSSR count). The van der Waals surface area contributed by atoms with Crippen molar-refractivity contribution >= 4 is 17.6 Å². The third kappa shape index (κ3) is 4.05. The van der Waals surface area contributed by atoms with Crippen molar-refractivity contribution in [1.82, 2.24) is 4.90 Å². The summed E-state index contributed by atoms with van der Waals surface area (Å²) in [5.74, 6) is -2.37. The molecule has 140 valence electrons. The van der Waals surface area contributed by atoms with Gasteiger partial charge in [0.25, 0.3) is 5.91 Å². The summed E-state index contributed by atoms with van der Waals surface area (Å²) in [7, 11) is 0. The fourth-order valence-electron chi connectivity index (χ4n) is 3.26. The lowest BCUT2D eigenvalue weighted by atomic mass is 9.89. The summed E-state index contributed by atoms with van der Waals surface area (Å²) in [6.45, 7) is -0.0489. The minimum atomic E-state index is -0.959. The van der Waals surface area contributed by atoms with E-state index in [4.69, 9.17) is 4.74 Å². The highest BCUT2D eigenvalue weighted by molar-refractivity contribution is 5.81. The number of carboxylic acid groups (broad SMARTS) is 1. The Morgan fingerprint density at radius 1 is 1.11 bits per heavy atom. The molecule has 1 N–H and O–H groups in total. The highest BCUT2D eigenvalue weighted by atomic mass is 16.6. The van der Waals surface area contributed by atoms with Crippen LogP contribution in [0, 0.1) is 16.0 Å². The van der Waals surface area contributed by atoms with E-state index in [9.17, 15) is 24.8 Å². The molecule has 8 heteroatoms. The highest BCUT2D eigenvalue weighted by Crippen LogP contribution is 2.33. The van der Waals surface area contributed by atoms with Crippen LogP contribution >= 0.6 is 0 Å². The summed E-state index contributed by atoms with van der Waals surface area (Å²) in [6.07, 6.45) is 0. The van der Waals surface area contributed by atoms with Crippen LogP contribution < -0.4 is 4.74 Å². The Morgan fingerprint density at radius 3 is 2.44 bits per heavy atom. The van der Waals surface area contributed by atoms with E-state index >= 15 is 0 Å². The topological polar surface area (TPSA) is 110 Å². The van der Waals surface area contributed by atoms with Crippen molar-refractivity contribution in [2.24, 2.45) is 5.92 Å². The molecule has 0 saturated carbocycles. The predicted molar refractivity (Wildman–Crippen MR) is 95.5 cm³/mol. The molecule has 2 aromatic rings. The summed E-state index contributed by atoms with van der Waals surface area (Å²) in [6, 6.07) is 15.0. The van der Waals surface area contributed by atoms with E-state index in [0.29, 0.717) is 0 Å².